The Morgan fingerprint density at radius 1 is 1.11 bits per heavy atom. The van der Waals surface area contributed by atoms with Crippen LogP contribution in [0.1, 0.15) is 13.2 Å². The fourth-order valence-corrected chi connectivity index (χ4v) is 4.39. The molecule has 0 bridgehead atoms. The second-order valence-electron chi connectivity index (χ2n) is 7.82. The molecule has 5 atom stereocenters. The minimum atomic E-state index is -4.74. The summed E-state index contributed by atoms with van der Waals surface area (Å²) in [7, 11) is -7.92. The molecular formula is C17H25N5O12P2. The standard InChI is InChI=1S/C17H25N5O12P2/c1-9(5-30-35(23,24)25)3-4-18-14-11-15(20-7-19-14)22(8-21-11)16-13-12(33-17(29-2)34-13)10(32-16)6-31-36(26,27)28/h3,7-8,10,12-13,16-17H,4-6H2,1-2H3,(H,18,19,20)(H2,23,24,25)(H2,26,27,28)/b9-3+/t10-,12-,13-,16-,17?/m1/s1. The van der Waals surface area contributed by atoms with Gasteiger partial charge in [0, 0.05) is 13.7 Å². The van der Waals surface area contributed by atoms with Crippen LogP contribution in [0.4, 0.5) is 5.82 Å². The van der Waals surface area contributed by atoms with E-state index < -0.39 is 53.3 Å². The van der Waals surface area contributed by atoms with Crippen molar-refractivity contribution in [2.45, 2.75) is 37.9 Å². The summed E-state index contributed by atoms with van der Waals surface area (Å²) in [5.41, 5.74) is 1.36. The third kappa shape index (κ3) is 6.52. The Balaban J connectivity index is 1.50. The second kappa shape index (κ2) is 10.9. The number of phosphoric ester groups is 2. The molecule has 200 valence electrons. The minimum absolute atomic E-state index is 0.237. The van der Waals surface area contributed by atoms with Crippen LogP contribution in [-0.2, 0) is 37.1 Å². The van der Waals surface area contributed by atoms with Crippen LogP contribution in [0.5, 0.6) is 0 Å². The van der Waals surface area contributed by atoms with Gasteiger partial charge in [0.1, 0.15) is 24.6 Å². The predicted octanol–water partition coefficient (Wildman–Crippen LogP) is 0.0145. The van der Waals surface area contributed by atoms with Crippen molar-refractivity contribution in [3.8, 4) is 0 Å². The molecule has 2 fully saturated rings. The summed E-state index contributed by atoms with van der Waals surface area (Å²) < 4.78 is 55.1. The number of fused-ring (bicyclic) bond motifs is 2. The Morgan fingerprint density at radius 2 is 1.83 bits per heavy atom. The minimum Gasteiger partial charge on any atom is -0.365 e. The number of nitrogens with zero attached hydrogens (tertiary/aromatic N) is 4. The molecule has 36 heavy (non-hydrogen) atoms. The summed E-state index contributed by atoms with van der Waals surface area (Å²) in [4.78, 5) is 48.5. The number of methoxy groups -OCH3 is 1. The van der Waals surface area contributed by atoms with Gasteiger partial charge >= 0.3 is 15.6 Å². The number of rotatable bonds is 11. The zero-order valence-corrected chi connectivity index (χ0v) is 20.8. The lowest BCUT2D eigenvalue weighted by molar-refractivity contribution is -0.256. The first-order valence-electron chi connectivity index (χ1n) is 10.4. The molecule has 0 amide bonds. The largest absolute Gasteiger partial charge is 0.469 e. The summed E-state index contributed by atoms with van der Waals surface area (Å²) in [5.74, 6) is 0.382. The van der Waals surface area contributed by atoms with Crippen LogP contribution in [0.3, 0.4) is 0 Å². The molecule has 4 heterocycles. The molecule has 4 rings (SSSR count). The van der Waals surface area contributed by atoms with E-state index in [1.807, 2.05) is 0 Å². The number of hydrogen-bond acceptors (Lipinski definition) is 12. The smallest absolute Gasteiger partial charge is 0.365 e. The summed E-state index contributed by atoms with van der Waals surface area (Å²) in [5, 5.41) is 3.05. The third-order valence-electron chi connectivity index (χ3n) is 5.23. The lowest BCUT2D eigenvalue weighted by Gasteiger charge is -2.20. The van der Waals surface area contributed by atoms with Gasteiger partial charge < -0.3 is 43.8 Å². The maximum atomic E-state index is 11.2. The Kier molecular flexibility index (Phi) is 8.21. The van der Waals surface area contributed by atoms with Crippen LogP contribution in [0, 0.1) is 0 Å². The third-order valence-corrected chi connectivity index (χ3v) is 6.19. The molecular weight excluding hydrogens is 528 g/mol. The molecule has 0 saturated carbocycles. The maximum absolute atomic E-state index is 11.2. The highest BCUT2D eigenvalue weighted by Crippen LogP contribution is 2.43. The monoisotopic (exact) mass is 553 g/mol. The number of imidazole rings is 1. The van der Waals surface area contributed by atoms with Gasteiger partial charge in [0.15, 0.2) is 23.2 Å². The highest BCUT2D eigenvalue weighted by Gasteiger charge is 2.54. The SMILES string of the molecule is COC1O[C@@H]2[C@H](O1)[C@@H](COP(=O)(O)O)O[C@H]2n1cnc2c(NC/C=C(\C)COP(=O)(O)O)ncnc21. The number of anilines is 1. The molecule has 19 heteroatoms. The topological polar surface area (TPSA) is 226 Å². The van der Waals surface area contributed by atoms with Crippen LogP contribution in [0.25, 0.3) is 11.2 Å². The highest BCUT2D eigenvalue weighted by molar-refractivity contribution is 7.46. The van der Waals surface area contributed by atoms with Crippen molar-refractivity contribution in [2.75, 3.05) is 32.2 Å². The summed E-state index contributed by atoms with van der Waals surface area (Å²) in [6, 6.07) is 0. The van der Waals surface area contributed by atoms with Crippen LogP contribution < -0.4 is 5.32 Å². The molecule has 2 aliphatic rings. The van der Waals surface area contributed by atoms with Crippen molar-refractivity contribution < 1.29 is 56.7 Å². The zero-order valence-electron chi connectivity index (χ0n) is 19.0. The normalized spacial score (nSPS) is 27.1. The first-order chi connectivity index (χ1) is 16.9. The van der Waals surface area contributed by atoms with Gasteiger partial charge in [0.25, 0.3) is 6.48 Å². The first kappa shape index (κ1) is 27.2. The van der Waals surface area contributed by atoms with Crippen molar-refractivity contribution in [1.82, 2.24) is 19.5 Å². The van der Waals surface area contributed by atoms with E-state index in [-0.39, 0.29) is 13.2 Å². The van der Waals surface area contributed by atoms with Gasteiger partial charge in [0.05, 0.1) is 19.5 Å². The van der Waals surface area contributed by atoms with E-state index in [4.69, 9.17) is 38.5 Å². The molecule has 0 aliphatic carbocycles. The van der Waals surface area contributed by atoms with Crippen molar-refractivity contribution >= 4 is 32.6 Å². The van der Waals surface area contributed by atoms with E-state index in [1.165, 1.54) is 19.8 Å². The Labute approximate surface area is 203 Å². The van der Waals surface area contributed by atoms with E-state index in [2.05, 4.69) is 29.3 Å². The van der Waals surface area contributed by atoms with E-state index in [1.54, 1.807) is 17.6 Å². The average Bonchev–Trinajstić information content (AvgIpc) is 3.49. The van der Waals surface area contributed by atoms with E-state index in [0.717, 1.165) is 0 Å². The van der Waals surface area contributed by atoms with Crippen molar-refractivity contribution in [3.63, 3.8) is 0 Å². The lowest BCUT2D eigenvalue weighted by Crippen LogP contribution is -2.31. The van der Waals surface area contributed by atoms with Gasteiger partial charge in [-0.1, -0.05) is 6.08 Å². The number of nitrogens with one attached hydrogen (secondary N) is 1. The lowest BCUT2D eigenvalue weighted by atomic mass is 10.1. The van der Waals surface area contributed by atoms with E-state index in [0.29, 0.717) is 22.6 Å². The number of ether oxygens (including phenoxy) is 4. The average molecular weight is 553 g/mol. The van der Waals surface area contributed by atoms with E-state index >= 15 is 0 Å². The molecule has 17 nitrogen and oxygen atoms in total. The Morgan fingerprint density at radius 3 is 2.53 bits per heavy atom. The number of hydrogen-bond donors (Lipinski definition) is 5. The zero-order chi connectivity index (χ0) is 26.1. The van der Waals surface area contributed by atoms with Gasteiger partial charge in [0.2, 0.25) is 0 Å². The molecule has 5 N–H and O–H groups in total. The molecule has 2 aromatic heterocycles. The van der Waals surface area contributed by atoms with Crippen molar-refractivity contribution in [3.05, 3.63) is 24.3 Å². The molecule has 0 aromatic carbocycles. The molecule has 1 unspecified atom stereocenters. The number of phosphoric acid groups is 2. The second-order valence-corrected chi connectivity index (χ2v) is 10.3. The Bertz CT molecular complexity index is 1200. The fourth-order valence-electron chi connectivity index (χ4n) is 3.68. The first-order valence-corrected chi connectivity index (χ1v) is 13.5. The molecule has 0 spiro atoms. The summed E-state index contributed by atoms with van der Waals surface area (Å²) in [6.07, 6.45) is 1.26. The number of aromatic nitrogens is 4. The maximum Gasteiger partial charge on any atom is 0.469 e. The van der Waals surface area contributed by atoms with Crippen LogP contribution in [-0.4, -0.2) is 90.7 Å². The fraction of sp³-hybridized carbons (Fsp3) is 0.588. The molecule has 0 radical (unpaired) electrons. The van der Waals surface area contributed by atoms with Gasteiger partial charge in [-0.25, -0.2) is 24.1 Å². The van der Waals surface area contributed by atoms with E-state index in [9.17, 15) is 9.13 Å². The molecule has 2 aliphatic heterocycles. The van der Waals surface area contributed by atoms with Gasteiger partial charge in [-0.2, -0.15) is 0 Å². The Hall–Kier alpha value is -1.85. The quantitative estimate of drug-likeness (QED) is 0.182. The van der Waals surface area contributed by atoms with Crippen LogP contribution >= 0.6 is 15.6 Å². The van der Waals surface area contributed by atoms with Gasteiger partial charge in [-0.3, -0.25) is 13.6 Å². The molecule has 2 saturated heterocycles. The van der Waals surface area contributed by atoms with Crippen molar-refractivity contribution in [1.29, 1.82) is 0 Å². The highest BCUT2D eigenvalue weighted by atomic mass is 31.2. The van der Waals surface area contributed by atoms with Gasteiger partial charge in [-0.05, 0) is 12.5 Å². The van der Waals surface area contributed by atoms with Crippen molar-refractivity contribution in [2.24, 2.45) is 0 Å². The predicted molar refractivity (Wildman–Crippen MR) is 118 cm³/mol. The summed E-state index contributed by atoms with van der Waals surface area (Å²) in [6.45, 7) is 0.217. The van der Waals surface area contributed by atoms with Gasteiger partial charge in [-0.15, -0.1) is 0 Å². The van der Waals surface area contributed by atoms with Crippen LogP contribution in [0.2, 0.25) is 0 Å². The summed E-state index contributed by atoms with van der Waals surface area (Å²) >= 11 is 0. The molecule has 2 aromatic rings. The van der Waals surface area contributed by atoms with Crippen LogP contribution in [0.15, 0.2) is 24.3 Å².